The molecule has 1 aromatic rings. The number of hydrogen-bond acceptors (Lipinski definition) is 3. The number of hydrogen-bond donors (Lipinski definition) is 2. The van der Waals surface area contributed by atoms with Crippen LogP contribution in [-0.4, -0.2) is 17.4 Å². The Hall–Kier alpha value is -2.03. The zero-order valence-electron chi connectivity index (χ0n) is 10.4. The van der Waals surface area contributed by atoms with Crippen molar-refractivity contribution in [1.82, 2.24) is 5.32 Å². The zero-order valence-corrected chi connectivity index (χ0v) is 10.4. The molecular formula is C15H17NO2. The Bertz CT molecular complexity index is 515. The first-order valence-corrected chi connectivity index (χ1v) is 6.22. The maximum Gasteiger partial charge on any atom is 0.227 e. The van der Waals surface area contributed by atoms with Gasteiger partial charge < -0.3 is 10.4 Å². The van der Waals surface area contributed by atoms with Gasteiger partial charge in [-0.25, -0.2) is 0 Å². The molecule has 3 heteroatoms. The molecule has 1 aromatic carbocycles. The minimum absolute atomic E-state index is 0.197. The molecule has 1 aliphatic rings. The molecular weight excluding hydrogens is 226 g/mol. The monoisotopic (exact) mass is 243 g/mol. The second-order valence-electron chi connectivity index (χ2n) is 4.31. The molecule has 0 fully saturated rings. The van der Waals surface area contributed by atoms with Gasteiger partial charge in [-0.1, -0.05) is 37.6 Å². The predicted octanol–water partition coefficient (Wildman–Crippen LogP) is 3.06. The third-order valence-electron chi connectivity index (χ3n) is 2.94. The van der Waals surface area contributed by atoms with E-state index in [0.29, 0.717) is 5.56 Å². The number of benzene rings is 1. The van der Waals surface area contributed by atoms with Crippen LogP contribution in [0.2, 0.25) is 0 Å². The second-order valence-corrected chi connectivity index (χ2v) is 4.31. The Morgan fingerprint density at radius 3 is 2.72 bits per heavy atom. The fourth-order valence-corrected chi connectivity index (χ4v) is 1.94. The van der Waals surface area contributed by atoms with Crippen LogP contribution in [0.4, 0.5) is 0 Å². The number of fused-ring (bicyclic) bond motifs is 1. The third-order valence-corrected chi connectivity index (χ3v) is 2.94. The van der Waals surface area contributed by atoms with Crippen molar-refractivity contribution in [2.75, 3.05) is 6.54 Å². The van der Waals surface area contributed by atoms with Crippen LogP contribution >= 0.6 is 0 Å². The number of ketones is 1. The van der Waals surface area contributed by atoms with Gasteiger partial charge in [-0.05, 0) is 18.1 Å². The molecule has 0 saturated heterocycles. The molecule has 0 aromatic heterocycles. The van der Waals surface area contributed by atoms with Crippen molar-refractivity contribution in [3.63, 3.8) is 0 Å². The van der Waals surface area contributed by atoms with Crippen LogP contribution in [0.25, 0.3) is 5.57 Å². The Morgan fingerprint density at radius 1 is 1.28 bits per heavy atom. The number of aliphatic hydroxyl groups excluding tert-OH is 1. The summed E-state index contributed by atoms with van der Waals surface area (Å²) < 4.78 is 0. The van der Waals surface area contributed by atoms with Crippen LogP contribution < -0.4 is 5.32 Å². The van der Waals surface area contributed by atoms with E-state index in [0.717, 1.165) is 30.5 Å². The molecule has 3 nitrogen and oxygen atoms in total. The summed E-state index contributed by atoms with van der Waals surface area (Å²) in [6.07, 6.45) is 5.60. The van der Waals surface area contributed by atoms with Gasteiger partial charge in [-0.15, -0.1) is 0 Å². The molecule has 0 saturated carbocycles. The van der Waals surface area contributed by atoms with E-state index in [9.17, 15) is 9.90 Å². The van der Waals surface area contributed by atoms with Crippen molar-refractivity contribution in [1.29, 1.82) is 0 Å². The summed E-state index contributed by atoms with van der Waals surface area (Å²) >= 11 is 0. The molecule has 94 valence electrons. The lowest BCUT2D eigenvalue weighted by atomic mass is 9.91. The molecule has 18 heavy (non-hydrogen) atoms. The van der Waals surface area contributed by atoms with Crippen LogP contribution in [0.1, 0.15) is 35.7 Å². The number of allylic oxidation sites excluding steroid dienone is 3. The number of carbonyl (C=O) groups excluding carboxylic acids is 1. The molecule has 0 radical (unpaired) electrons. The number of Topliss-reactive ketones (excluding diaryl/α,β-unsaturated/α-hetero) is 1. The van der Waals surface area contributed by atoms with Crippen molar-refractivity contribution < 1.29 is 9.90 Å². The molecule has 2 rings (SSSR count). The van der Waals surface area contributed by atoms with E-state index in [-0.39, 0.29) is 11.5 Å². The Kier molecular flexibility index (Phi) is 3.82. The van der Waals surface area contributed by atoms with Gasteiger partial charge in [0.1, 0.15) is 0 Å². The van der Waals surface area contributed by atoms with Gasteiger partial charge in [0.15, 0.2) is 5.76 Å². The fraction of sp³-hybridized carbons (Fsp3) is 0.267. The fourth-order valence-electron chi connectivity index (χ4n) is 1.94. The highest BCUT2D eigenvalue weighted by molar-refractivity contribution is 6.14. The lowest BCUT2D eigenvalue weighted by Gasteiger charge is -2.15. The summed E-state index contributed by atoms with van der Waals surface area (Å²) in [6.45, 7) is 3.03. The van der Waals surface area contributed by atoms with Gasteiger partial charge in [-0.2, -0.15) is 0 Å². The van der Waals surface area contributed by atoms with Gasteiger partial charge in [0.2, 0.25) is 5.78 Å². The maximum atomic E-state index is 11.8. The van der Waals surface area contributed by atoms with E-state index < -0.39 is 0 Å². The lowest BCUT2D eigenvalue weighted by Crippen LogP contribution is -2.13. The number of nitrogens with one attached hydrogen (secondary N) is 1. The highest BCUT2D eigenvalue weighted by Crippen LogP contribution is 2.27. The van der Waals surface area contributed by atoms with Crippen molar-refractivity contribution in [2.24, 2.45) is 0 Å². The minimum atomic E-state index is -0.309. The number of unbranched alkanes of at least 4 members (excludes halogenated alkanes) is 1. The van der Waals surface area contributed by atoms with E-state index in [4.69, 9.17) is 0 Å². The molecule has 0 bridgehead atoms. The average Bonchev–Trinajstić information content (AvgIpc) is 2.40. The van der Waals surface area contributed by atoms with Crippen molar-refractivity contribution in [3.8, 4) is 0 Å². The summed E-state index contributed by atoms with van der Waals surface area (Å²) in [4.78, 5) is 11.8. The van der Waals surface area contributed by atoms with E-state index in [2.05, 4.69) is 12.2 Å². The Morgan fingerprint density at radius 2 is 2.00 bits per heavy atom. The van der Waals surface area contributed by atoms with Crippen LogP contribution in [0.15, 0.2) is 42.3 Å². The molecule has 0 spiro atoms. The molecule has 2 N–H and O–H groups in total. The first-order chi connectivity index (χ1) is 8.74. The van der Waals surface area contributed by atoms with E-state index in [1.807, 2.05) is 18.3 Å². The predicted molar refractivity (Wildman–Crippen MR) is 72.4 cm³/mol. The normalized spacial score (nSPS) is 16.4. The van der Waals surface area contributed by atoms with Crippen molar-refractivity contribution in [2.45, 2.75) is 19.8 Å². The SMILES string of the molecule is CCCCNC=C1C=C(O)C(=O)c2ccccc21. The Labute approximate surface area is 107 Å². The number of carbonyl (C=O) groups is 1. The summed E-state index contributed by atoms with van der Waals surface area (Å²) in [5, 5.41) is 12.8. The maximum absolute atomic E-state index is 11.8. The van der Waals surface area contributed by atoms with Crippen molar-refractivity contribution in [3.05, 3.63) is 53.4 Å². The van der Waals surface area contributed by atoms with Crippen molar-refractivity contribution >= 4 is 11.4 Å². The van der Waals surface area contributed by atoms with Gasteiger partial charge >= 0.3 is 0 Å². The largest absolute Gasteiger partial charge is 0.504 e. The quantitative estimate of drug-likeness (QED) is 0.799. The average molecular weight is 243 g/mol. The van der Waals surface area contributed by atoms with E-state index in [1.54, 1.807) is 12.1 Å². The van der Waals surface area contributed by atoms with Gasteiger partial charge in [0.05, 0.1) is 0 Å². The van der Waals surface area contributed by atoms with Crippen LogP contribution in [0.5, 0.6) is 0 Å². The van der Waals surface area contributed by atoms with Crippen LogP contribution in [0, 0.1) is 0 Å². The smallest absolute Gasteiger partial charge is 0.227 e. The third kappa shape index (κ3) is 2.45. The number of rotatable bonds is 4. The second kappa shape index (κ2) is 5.54. The highest BCUT2D eigenvalue weighted by Gasteiger charge is 2.21. The van der Waals surface area contributed by atoms with Gasteiger partial charge in [0, 0.05) is 23.9 Å². The molecule has 0 amide bonds. The molecule has 0 unspecified atom stereocenters. The van der Waals surface area contributed by atoms with Gasteiger partial charge in [-0.3, -0.25) is 4.79 Å². The molecule has 0 atom stereocenters. The summed E-state index contributed by atoms with van der Waals surface area (Å²) in [5.41, 5.74) is 2.27. The number of aliphatic hydroxyl groups is 1. The van der Waals surface area contributed by atoms with Gasteiger partial charge in [0.25, 0.3) is 0 Å². The molecule has 0 heterocycles. The topological polar surface area (TPSA) is 49.3 Å². The minimum Gasteiger partial charge on any atom is -0.504 e. The first-order valence-electron chi connectivity index (χ1n) is 6.22. The summed E-state index contributed by atoms with van der Waals surface area (Å²) in [7, 11) is 0. The standard InChI is InChI=1S/C15H17NO2/c1-2-3-8-16-10-11-9-14(17)15(18)13-7-5-4-6-12(11)13/h4-7,9-10,16-17H,2-3,8H2,1H3. The zero-order chi connectivity index (χ0) is 13.0. The summed E-state index contributed by atoms with van der Waals surface area (Å²) in [5.74, 6) is -0.506. The van der Waals surface area contributed by atoms with Crippen LogP contribution in [0.3, 0.4) is 0 Å². The molecule has 0 aliphatic heterocycles. The Balaban J connectivity index is 2.28. The highest BCUT2D eigenvalue weighted by atomic mass is 16.3. The molecule has 1 aliphatic carbocycles. The first kappa shape index (κ1) is 12.4. The van der Waals surface area contributed by atoms with E-state index in [1.165, 1.54) is 6.08 Å². The van der Waals surface area contributed by atoms with Crippen LogP contribution in [-0.2, 0) is 0 Å². The lowest BCUT2D eigenvalue weighted by molar-refractivity contribution is 0.0976. The van der Waals surface area contributed by atoms with E-state index >= 15 is 0 Å². The summed E-state index contributed by atoms with van der Waals surface area (Å²) in [6, 6.07) is 7.32.